The molecule has 0 radical (unpaired) electrons. The molecule has 0 unspecified atom stereocenters. The number of aromatic nitrogens is 1. The zero-order valence-electron chi connectivity index (χ0n) is 13.6. The highest BCUT2D eigenvalue weighted by Crippen LogP contribution is 2.19. The number of carbonyl (C=O) groups excluding carboxylic acids is 1. The molecule has 1 N–H and O–H groups in total. The molecular weight excluding hydrogens is 318 g/mol. The number of H-pyrrole nitrogens is 1. The molecule has 1 saturated heterocycles. The minimum absolute atomic E-state index is 0.182. The molecule has 0 saturated carbocycles. The van der Waals surface area contributed by atoms with Crippen LogP contribution >= 0.6 is 11.3 Å². The topological polar surface area (TPSA) is 39.3 Å². The van der Waals surface area contributed by atoms with Gasteiger partial charge in [-0.05, 0) is 29.5 Å². The first-order valence-electron chi connectivity index (χ1n) is 8.41. The quantitative estimate of drug-likeness (QED) is 0.793. The largest absolute Gasteiger partial charge is 0.361 e. The molecule has 124 valence electrons. The lowest BCUT2D eigenvalue weighted by molar-refractivity contribution is 0.0643. The van der Waals surface area contributed by atoms with Crippen LogP contribution in [0.15, 0.2) is 48.0 Å². The Bertz CT molecular complexity index is 816. The number of fused-ring (bicyclic) bond motifs is 1. The van der Waals surface area contributed by atoms with Crippen molar-refractivity contribution in [3.8, 4) is 0 Å². The molecule has 0 spiro atoms. The van der Waals surface area contributed by atoms with Crippen LogP contribution in [0.4, 0.5) is 0 Å². The number of thiophene rings is 1. The Kier molecular flexibility index (Phi) is 4.36. The second-order valence-electron chi connectivity index (χ2n) is 6.22. The van der Waals surface area contributed by atoms with Gasteiger partial charge in [0, 0.05) is 49.8 Å². The maximum atomic E-state index is 12.4. The van der Waals surface area contributed by atoms with Crippen molar-refractivity contribution in [1.29, 1.82) is 0 Å². The number of piperazine rings is 1. The van der Waals surface area contributed by atoms with Crippen LogP contribution in [0.3, 0.4) is 0 Å². The lowest BCUT2D eigenvalue weighted by Crippen LogP contribution is -2.48. The van der Waals surface area contributed by atoms with Crippen LogP contribution in [0.2, 0.25) is 0 Å². The average molecular weight is 339 g/mol. The van der Waals surface area contributed by atoms with Crippen LogP contribution in [0.25, 0.3) is 10.9 Å². The van der Waals surface area contributed by atoms with Gasteiger partial charge in [-0.15, -0.1) is 11.3 Å². The SMILES string of the molecule is O=C(c1cccs1)N1CCN(CCc2c[nH]c3ccccc23)CC1. The molecule has 1 fully saturated rings. The van der Waals surface area contributed by atoms with Crippen molar-refractivity contribution in [3.63, 3.8) is 0 Å². The van der Waals surface area contributed by atoms with Crippen molar-refractivity contribution >= 4 is 28.1 Å². The fraction of sp³-hybridized carbons (Fsp3) is 0.316. The summed E-state index contributed by atoms with van der Waals surface area (Å²) in [5.74, 6) is 0.182. The van der Waals surface area contributed by atoms with Gasteiger partial charge in [0.05, 0.1) is 4.88 Å². The fourth-order valence-electron chi connectivity index (χ4n) is 3.35. The Morgan fingerprint density at radius 1 is 1.08 bits per heavy atom. The molecule has 2 aromatic heterocycles. The third-order valence-corrected chi connectivity index (χ3v) is 5.62. The van der Waals surface area contributed by atoms with Crippen LogP contribution < -0.4 is 0 Å². The van der Waals surface area contributed by atoms with E-state index in [0.29, 0.717) is 0 Å². The van der Waals surface area contributed by atoms with E-state index >= 15 is 0 Å². The lowest BCUT2D eigenvalue weighted by Gasteiger charge is -2.34. The van der Waals surface area contributed by atoms with Crippen LogP contribution in [-0.4, -0.2) is 53.4 Å². The molecule has 1 aliphatic heterocycles. The summed E-state index contributed by atoms with van der Waals surface area (Å²) in [4.78, 5) is 21.0. The first kappa shape index (κ1) is 15.4. The van der Waals surface area contributed by atoms with Crippen LogP contribution in [0, 0.1) is 0 Å². The molecule has 3 heterocycles. The molecule has 3 aromatic rings. The minimum Gasteiger partial charge on any atom is -0.361 e. The fourth-order valence-corrected chi connectivity index (χ4v) is 4.04. The van der Waals surface area contributed by atoms with Gasteiger partial charge in [-0.1, -0.05) is 24.3 Å². The van der Waals surface area contributed by atoms with E-state index in [0.717, 1.165) is 44.0 Å². The number of nitrogens with zero attached hydrogens (tertiary/aromatic N) is 2. The van der Waals surface area contributed by atoms with Crippen molar-refractivity contribution in [2.45, 2.75) is 6.42 Å². The highest BCUT2D eigenvalue weighted by Gasteiger charge is 2.22. The Balaban J connectivity index is 1.31. The van der Waals surface area contributed by atoms with Crippen LogP contribution in [0.5, 0.6) is 0 Å². The van der Waals surface area contributed by atoms with Gasteiger partial charge < -0.3 is 9.88 Å². The number of amides is 1. The zero-order chi connectivity index (χ0) is 16.4. The van der Waals surface area contributed by atoms with Gasteiger partial charge in [0.1, 0.15) is 0 Å². The summed E-state index contributed by atoms with van der Waals surface area (Å²) in [6.45, 7) is 4.61. The second kappa shape index (κ2) is 6.79. The lowest BCUT2D eigenvalue weighted by atomic mass is 10.1. The smallest absolute Gasteiger partial charge is 0.264 e. The van der Waals surface area contributed by atoms with Crippen molar-refractivity contribution in [3.05, 3.63) is 58.4 Å². The summed E-state index contributed by atoms with van der Waals surface area (Å²) in [6.07, 6.45) is 3.17. The molecule has 0 aliphatic carbocycles. The maximum Gasteiger partial charge on any atom is 0.264 e. The monoisotopic (exact) mass is 339 g/mol. The Hall–Kier alpha value is -2.11. The van der Waals surface area contributed by atoms with Gasteiger partial charge in [-0.3, -0.25) is 9.69 Å². The summed E-state index contributed by atoms with van der Waals surface area (Å²) in [6, 6.07) is 12.3. The molecule has 5 heteroatoms. The predicted octanol–water partition coefficient (Wildman–Crippen LogP) is 3.23. The van der Waals surface area contributed by atoms with E-state index in [-0.39, 0.29) is 5.91 Å². The van der Waals surface area contributed by atoms with E-state index < -0.39 is 0 Å². The Morgan fingerprint density at radius 2 is 1.92 bits per heavy atom. The average Bonchev–Trinajstić information content (AvgIpc) is 3.30. The van der Waals surface area contributed by atoms with Gasteiger partial charge in [0.15, 0.2) is 0 Å². The Labute approximate surface area is 145 Å². The van der Waals surface area contributed by atoms with Crippen LogP contribution in [0.1, 0.15) is 15.2 Å². The number of benzene rings is 1. The summed E-state index contributed by atoms with van der Waals surface area (Å²) < 4.78 is 0. The van der Waals surface area contributed by atoms with Gasteiger partial charge in [-0.25, -0.2) is 0 Å². The first-order chi connectivity index (χ1) is 11.8. The predicted molar refractivity (Wildman–Crippen MR) is 98.7 cm³/mol. The molecule has 4 nitrogen and oxygen atoms in total. The third-order valence-electron chi connectivity index (χ3n) is 4.76. The van der Waals surface area contributed by atoms with Gasteiger partial charge in [0.2, 0.25) is 0 Å². The third kappa shape index (κ3) is 3.09. The molecule has 1 aliphatic rings. The van der Waals surface area contributed by atoms with Crippen molar-refractivity contribution in [2.24, 2.45) is 0 Å². The number of carbonyl (C=O) groups is 1. The number of rotatable bonds is 4. The van der Waals surface area contributed by atoms with E-state index in [1.165, 1.54) is 27.8 Å². The number of hydrogen-bond acceptors (Lipinski definition) is 3. The zero-order valence-corrected chi connectivity index (χ0v) is 14.4. The maximum absolute atomic E-state index is 12.4. The molecule has 1 amide bonds. The van der Waals surface area contributed by atoms with Gasteiger partial charge in [0.25, 0.3) is 5.91 Å². The van der Waals surface area contributed by atoms with E-state index in [2.05, 4.69) is 40.3 Å². The summed E-state index contributed by atoms with van der Waals surface area (Å²) >= 11 is 1.53. The highest BCUT2D eigenvalue weighted by atomic mass is 32.1. The normalized spacial score (nSPS) is 15.9. The Morgan fingerprint density at radius 3 is 2.71 bits per heavy atom. The summed E-state index contributed by atoms with van der Waals surface area (Å²) in [5.41, 5.74) is 2.58. The highest BCUT2D eigenvalue weighted by molar-refractivity contribution is 7.12. The van der Waals surface area contributed by atoms with Crippen molar-refractivity contribution < 1.29 is 4.79 Å². The first-order valence-corrected chi connectivity index (χ1v) is 9.29. The van der Waals surface area contributed by atoms with E-state index in [4.69, 9.17) is 0 Å². The molecular formula is C19H21N3OS. The van der Waals surface area contributed by atoms with Crippen molar-refractivity contribution in [2.75, 3.05) is 32.7 Å². The van der Waals surface area contributed by atoms with E-state index in [9.17, 15) is 4.79 Å². The summed E-state index contributed by atoms with van der Waals surface area (Å²) in [7, 11) is 0. The van der Waals surface area contributed by atoms with Gasteiger partial charge >= 0.3 is 0 Å². The second-order valence-corrected chi connectivity index (χ2v) is 7.17. The van der Waals surface area contributed by atoms with E-state index in [1.54, 1.807) is 0 Å². The van der Waals surface area contributed by atoms with Crippen molar-refractivity contribution in [1.82, 2.24) is 14.8 Å². The molecule has 1 aromatic carbocycles. The molecule has 24 heavy (non-hydrogen) atoms. The molecule has 0 bridgehead atoms. The number of para-hydroxylation sites is 1. The summed E-state index contributed by atoms with van der Waals surface area (Å²) in [5, 5.41) is 3.29. The van der Waals surface area contributed by atoms with Crippen LogP contribution in [-0.2, 0) is 6.42 Å². The number of hydrogen-bond donors (Lipinski definition) is 1. The minimum atomic E-state index is 0.182. The molecule has 4 rings (SSSR count). The standard InChI is InChI=1S/C19H21N3OS/c23-19(18-6-3-13-24-18)22-11-9-21(10-12-22)8-7-15-14-20-17-5-2-1-4-16(15)17/h1-6,13-14,20H,7-12H2. The van der Waals surface area contributed by atoms with Gasteiger partial charge in [-0.2, -0.15) is 0 Å². The number of aromatic amines is 1. The molecule has 0 atom stereocenters. The van der Waals surface area contributed by atoms with E-state index in [1.807, 2.05) is 22.4 Å². The number of nitrogens with one attached hydrogen (secondary N) is 1.